The number of aromatic nitrogens is 2. The first-order valence-corrected chi connectivity index (χ1v) is 15.4. The fourth-order valence-corrected chi connectivity index (χ4v) is 6.64. The van der Waals surface area contributed by atoms with Crippen molar-refractivity contribution in [3.8, 4) is 16.9 Å². The summed E-state index contributed by atoms with van der Waals surface area (Å²) in [5.41, 5.74) is 7.14. The van der Waals surface area contributed by atoms with E-state index in [1.165, 1.54) is 35.9 Å². The lowest BCUT2D eigenvalue weighted by atomic mass is 9.97. The average molecular weight is 549 g/mol. The lowest BCUT2D eigenvalue weighted by Crippen LogP contribution is -2.12. The van der Waals surface area contributed by atoms with E-state index in [1.54, 1.807) is 0 Å². The highest BCUT2D eigenvalue weighted by Gasteiger charge is 2.25. The molecule has 2 aromatic heterocycles. The molecule has 2 atom stereocenters. The molecule has 2 unspecified atom stereocenters. The van der Waals surface area contributed by atoms with Gasteiger partial charge in [-0.15, -0.1) is 0 Å². The zero-order valence-corrected chi connectivity index (χ0v) is 25.5. The number of ether oxygens (including phenoxy) is 1. The van der Waals surface area contributed by atoms with Crippen molar-refractivity contribution < 1.29 is 9.53 Å². The summed E-state index contributed by atoms with van der Waals surface area (Å²) in [6.07, 6.45) is 6.91. The van der Waals surface area contributed by atoms with Crippen LogP contribution in [-0.4, -0.2) is 15.1 Å². The summed E-state index contributed by atoms with van der Waals surface area (Å²) in [6, 6.07) is 25.5. The van der Waals surface area contributed by atoms with Gasteiger partial charge in [0.15, 0.2) is 5.75 Å². The highest BCUT2D eigenvalue weighted by Crippen LogP contribution is 2.41. The number of rotatable bonds is 11. The summed E-state index contributed by atoms with van der Waals surface area (Å²) in [7, 11) is 0. The minimum Gasteiger partial charge on any atom is -0.420 e. The third kappa shape index (κ3) is 5.32. The monoisotopic (exact) mass is 548 g/mol. The first kappa shape index (κ1) is 28.7. The Hall–Kier alpha value is -3.79. The Kier molecular flexibility index (Phi) is 8.68. The van der Waals surface area contributed by atoms with Crippen molar-refractivity contribution in [3.63, 3.8) is 0 Å². The van der Waals surface area contributed by atoms with Crippen LogP contribution in [0.15, 0.2) is 72.8 Å². The van der Waals surface area contributed by atoms with E-state index >= 15 is 0 Å². The molecular formula is C37H44N2O2. The largest absolute Gasteiger partial charge is 0.420 e. The average Bonchev–Trinajstić information content (AvgIpc) is 3.44. The van der Waals surface area contributed by atoms with E-state index in [4.69, 9.17) is 4.74 Å². The van der Waals surface area contributed by atoms with Crippen molar-refractivity contribution in [1.29, 1.82) is 0 Å². The Bertz CT molecular complexity index is 1670. The van der Waals surface area contributed by atoms with Crippen LogP contribution in [0, 0.1) is 13.8 Å². The molecule has 4 heteroatoms. The van der Waals surface area contributed by atoms with Gasteiger partial charge in [-0.3, -0.25) is 0 Å². The molecule has 5 rings (SSSR count). The second-order valence-electron chi connectivity index (χ2n) is 11.6. The number of benzene rings is 3. The van der Waals surface area contributed by atoms with Crippen molar-refractivity contribution >= 4 is 27.8 Å². The van der Waals surface area contributed by atoms with Crippen LogP contribution in [0.1, 0.15) is 100 Å². The minimum absolute atomic E-state index is 0.317. The molecule has 0 fully saturated rings. The molecule has 3 aromatic carbocycles. The van der Waals surface area contributed by atoms with Crippen LogP contribution in [-0.2, 0) is 0 Å². The first-order valence-electron chi connectivity index (χ1n) is 15.4. The van der Waals surface area contributed by atoms with Crippen LogP contribution in [0.5, 0.6) is 5.75 Å². The highest BCUT2D eigenvalue weighted by molar-refractivity contribution is 6.06. The predicted molar refractivity (Wildman–Crippen MR) is 172 cm³/mol. The number of hydrogen-bond donors (Lipinski definition) is 0. The van der Waals surface area contributed by atoms with E-state index in [0.717, 1.165) is 47.0 Å². The lowest BCUT2D eigenvalue weighted by Gasteiger charge is -2.18. The van der Waals surface area contributed by atoms with Crippen LogP contribution in [0.4, 0.5) is 0 Å². The van der Waals surface area contributed by atoms with Gasteiger partial charge in [0.2, 0.25) is 0 Å². The van der Waals surface area contributed by atoms with E-state index < -0.39 is 0 Å². The topological polar surface area (TPSA) is 36.2 Å². The van der Waals surface area contributed by atoms with Gasteiger partial charge in [-0.2, -0.15) is 0 Å². The number of fused-ring (bicyclic) bond motifs is 2. The molecule has 2 heterocycles. The van der Waals surface area contributed by atoms with E-state index in [1.807, 2.05) is 24.3 Å². The standard InChI is InChI=1S/C37H44N2O2/c1-7-9-17-25(3)38-27(5)35(31-21-13-15-23-33(31)38)29-19-11-12-20-30(29)37(40)41-36-28(6)39(26(4)18-10-8-2)34-24-16-14-22-32(34)36/h11-16,19-26H,7-10,17-18H2,1-6H3. The molecule has 41 heavy (non-hydrogen) atoms. The first-order chi connectivity index (χ1) is 19.9. The zero-order chi connectivity index (χ0) is 29.1. The van der Waals surface area contributed by atoms with E-state index in [9.17, 15) is 4.79 Å². The van der Waals surface area contributed by atoms with E-state index in [-0.39, 0.29) is 5.97 Å². The molecule has 0 amide bonds. The van der Waals surface area contributed by atoms with Crippen molar-refractivity contribution in [2.45, 2.75) is 92.2 Å². The van der Waals surface area contributed by atoms with Gasteiger partial charge < -0.3 is 13.9 Å². The number of carbonyl (C=O) groups is 1. The molecule has 0 N–H and O–H groups in total. The van der Waals surface area contributed by atoms with E-state index in [2.05, 4.69) is 99.2 Å². The quantitative estimate of drug-likeness (QED) is 0.154. The third-order valence-corrected chi connectivity index (χ3v) is 8.70. The number of unbranched alkanes of at least 4 members (excludes halogenated alkanes) is 2. The fourth-order valence-electron chi connectivity index (χ4n) is 6.64. The molecule has 4 nitrogen and oxygen atoms in total. The molecule has 0 spiro atoms. The van der Waals surface area contributed by atoms with Crippen LogP contribution >= 0.6 is 0 Å². The van der Waals surface area contributed by atoms with Crippen molar-refractivity contribution in [2.75, 3.05) is 0 Å². The maximum Gasteiger partial charge on any atom is 0.344 e. The van der Waals surface area contributed by atoms with Crippen molar-refractivity contribution in [3.05, 3.63) is 89.7 Å². The van der Waals surface area contributed by atoms with E-state index in [0.29, 0.717) is 23.4 Å². The van der Waals surface area contributed by atoms with Gasteiger partial charge in [-0.1, -0.05) is 88.1 Å². The maximum atomic E-state index is 14.0. The molecule has 0 aliphatic rings. The highest BCUT2D eigenvalue weighted by atomic mass is 16.5. The summed E-state index contributed by atoms with van der Waals surface area (Å²) < 4.78 is 11.1. The van der Waals surface area contributed by atoms with Gasteiger partial charge in [0.05, 0.1) is 16.8 Å². The predicted octanol–water partition coefficient (Wildman–Crippen LogP) is 10.6. The molecule has 5 aromatic rings. The van der Waals surface area contributed by atoms with Gasteiger partial charge in [-0.25, -0.2) is 4.79 Å². The summed E-state index contributed by atoms with van der Waals surface area (Å²) in [4.78, 5) is 14.0. The smallest absolute Gasteiger partial charge is 0.344 e. The van der Waals surface area contributed by atoms with Gasteiger partial charge in [0.1, 0.15) is 0 Å². The molecule has 0 radical (unpaired) electrons. The minimum atomic E-state index is -0.317. The number of para-hydroxylation sites is 2. The molecular weight excluding hydrogens is 504 g/mol. The number of hydrogen-bond acceptors (Lipinski definition) is 2. The zero-order valence-electron chi connectivity index (χ0n) is 25.5. The van der Waals surface area contributed by atoms with Gasteiger partial charge >= 0.3 is 5.97 Å². The fraction of sp³-hybridized carbons (Fsp3) is 0.378. The van der Waals surface area contributed by atoms with Gasteiger partial charge in [0, 0.05) is 39.6 Å². The van der Waals surface area contributed by atoms with Crippen LogP contribution in [0.2, 0.25) is 0 Å². The summed E-state index contributed by atoms with van der Waals surface area (Å²) in [6.45, 7) is 13.3. The molecule has 214 valence electrons. The summed E-state index contributed by atoms with van der Waals surface area (Å²) >= 11 is 0. The second-order valence-corrected chi connectivity index (χ2v) is 11.6. The molecule has 0 bridgehead atoms. The second kappa shape index (κ2) is 12.4. The van der Waals surface area contributed by atoms with Gasteiger partial charge in [-0.05, 0) is 70.4 Å². The Morgan fingerprint density at radius 3 is 1.85 bits per heavy atom. The maximum absolute atomic E-state index is 14.0. The number of nitrogens with zero attached hydrogens (tertiary/aromatic N) is 2. The SMILES string of the molecule is CCCCC(C)n1c(C)c(OC(=O)c2ccccc2-c2c(C)n(C(C)CCCC)c3ccccc23)c2ccccc21. The number of esters is 1. The molecule has 0 saturated carbocycles. The summed E-state index contributed by atoms with van der Waals surface area (Å²) in [5, 5.41) is 2.16. The molecule has 0 aliphatic carbocycles. The number of carbonyl (C=O) groups excluding carboxylic acids is 1. The Morgan fingerprint density at radius 1 is 0.707 bits per heavy atom. The van der Waals surface area contributed by atoms with Gasteiger partial charge in [0.25, 0.3) is 0 Å². The van der Waals surface area contributed by atoms with Crippen LogP contribution < -0.4 is 4.74 Å². The molecule has 0 aliphatic heterocycles. The van der Waals surface area contributed by atoms with Crippen LogP contribution in [0.25, 0.3) is 32.9 Å². The normalized spacial score (nSPS) is 13.1. The third-order valence-electron chi connectivity index (χ3n) is 8.70. The van der Waals surface area contributed by atoms with Crippen LogP contribution in [0.3, 0.4) is 0 Å². The lowest BCUT2D eigenvalue weighted by molar-refractivity contribution is 0.0736. The Morgan fingerprint density at radius 2 is 1.22 bits per heavy atom. The van der Waals surface area contributed by atoms with Crippen molar-refractivity contribution in [2.24, 2.45) is 0 Å². The Balaban J connectivity index is 1.59. The Labute approximate surface area is 244 Å². The van der Waals surface area contributed by atoms with Crippen molar-refractivity contribution in [1.82, 2.24) is 9.13 Å². The summed E-state index contributed by atoms with van der Waals surface area (Å²) in [5.74, 6) is 0.346. The molecule has 0 saturated heterocycles.